The molecule has 0 aliphatic carbocycles. The van der Waals surface area contributed by atoms with E-state index < -0.39 is 31.8 Å². The van der Waals surface area contributed by atoms with Crippen LogP contribution in [-0.4, -0.2) is 40.1 Å². The van der Waals surface area contributed by atoms with Gasteiger partial charge in [-0.1, -0.05) is 54.6 Å². The Morgan fingerprint density at radius 1 is 0.769 bits per heavy atom. The zero-order valence-electron chi connectivity index (χ0n) is 20.7. The van der Waals surface area contributed by atoms with Crippen LogP contribution in [0.4, 0.5) is 16.2 Å². The van der Waals surface area contributed by atoms with Gasteiger partial charge in [-0.3, -0.25) is 9.71 Å². The first-order valence-electron chi connectivity index (χ1n) is 11.9. The fraction of sp³-hybridized carbons (Fsp3) is 0.111. The molecular formula is C27H27N5O5S2. The van der Waals surface area contributed by atoms with Crippen LogP contribution in [0.2, 0.25) is 0 Å². The van der Waals surface area contributed by atoms with Crippen molar-refractivity contribution in [2.75, 3.05) is 22.3 Å². The predicted octanol–water partition coefficient (Wildman–Crippen LogP) is 3.79. The molecule has 12 heteroatoms. The maximum Gasteiger partial charge on any atom is 0.319 e. The SMILES string of the molecule is O=C(NCc1cccnc1)Nc1ccc(NS(=O)(=O)CCNS(=O)(=O)c2ccccc2-c2ccccc2)cc1. The van der Waals surface area contributed by atoms with Gasteiger partial charge in [-0.15, -0.1) is 0 Å². The fourth-order valence-electron chi connectivity index (χ4n) is 3.66. The van der Waals surface area contributed by atoms with Gasteiger partial charge in [0.15, 0.2) is 0 Å². The van der Waals surface area contributed by atoms with Crippen molar-refractivity contribution >= 4 is 37.5 Å². The van der Waals surface area contributed by atoms with Crippen molar-refractivity contribution in [3.05, 3.63) is 109 Å². The Balaban J connectivity index is 1.29. The third-order valence-corrected chi connectivity index (χ3v) is 8.32. The fourth-order valence-corrected chi connectivity index (χ4v) is 6.01. The zero-order valence-corrected chi connectivity index (χ0v) is 22.4. The quantitative estimate of drug-likeness (QED) is 0.218. The maximum absolute atomic E-state index is 13.0. The van der Waals surface area contributed by atoms with Crippen molar-refractivity contribution in [1.82, 2.24) is 15.0 Å². The highest BCUT2D eigenvalue weighted by Gasteiger charge is 2.20. The Morgan fingerprint density at radius 3 is 2.18 bits per heavy atom. The lowest BCUT2D eigenvalue weighted by Gasteiger charge is -2.13. The number of nitrogens with one attached hydrogen (secondary N) is 4. The van der Waals surface area contributed by atoms with E-state index in [0.29, 0.717) is 17.8 Å². The highest BCUT2D eigenvalue weighted by molar-refractivity contribution is 7.92. The van der Waals surface area contributed by atoms with Crippen molar-refractivity contribution in [1.29, 1.82) is 0 Å². The number of anilines is 2. The predicted molar refractivity (Wildman–Crippen MR) is 151 cm³/mol. The molecule has 4 N–H and O–H groups in total. The molecule has 0 saturated carbocycles. The molecule has 2 amide bonds. The summed E-state index contributed by atoms with van der Waals surface area (Å²) >= 11 is 0. The van der Waals surface area contributed by atoms with Crippen molar-refractivity contribution in [2.45, 2.75) is 11.4 Å². The molecule has 0 spiro atoms. The summed E-state index contributed by atoms with van der Waals surface area (Å²) in [6.07, 6.45) is 3.29. The summed E-state index contributed by atoms with van der Waals surface area (Å²) in [5.41, 5.74) is 2.84. The number of pyridine rings is 1. The lowest BCUT2D eigenvalue weighted by atomic mass is 10.1. The molecule has 4 aromatic rings. The number of rotatable bonds is 11. The largest absolute Gasteiger partial charge is 0.334 e. The summed E-state index contributed by atoms with van der Waals surface area (Å²) in [6.45, 7) is -0.0172. The van der Waals surface area contributed by atoms with Crippen molar-refractivity contribution in [2.24, 2.45) is 0 Å². The van der Waals surface area contributed by atoms with Gasteiger partial charge in [-0.05, 0) is 47.5 Å². The molecule has 39 heavy (non-hydrogen) atoms. The highest BCUT2D eigenvalue weighted by Crippen LogP contribution is 2.26. The van der Waals surface area contributed by atoms with Gasteiger partial charge in [0.2, 0.25) is 20.0 Å². The second kappa shape index (κ2) is 12.5. The molecule has 3 aromatic carbocycles. The lowest BCUT2D eigenvalue weighted by molar-refractivity contribution is 0.251. The summed E-state index contributed by atoms with van der Waals surface area (Å²) in [6, 6.07) is 24.9. The van der Waals surface area contributed by atoms with E-state index >= 15 is 0 Å². The van der Waals surface area contributed by atoms with Crippen LogP contribution in [-0.2, 0) is 26.6 Å². The topological polar surface area (TPSA) is 146 Å². The molecule has 0 bridgehead atoms. The van der Waals surface area contributed by atoms with Gasteiger partial charge in [0.1, 0.15) is 0 Å². The van der Waals surface area contributed by atoms with E-state index in [1.807, 2.05) is 24.3 Å². The van der Waals surface area contributed by atoms with Crippen LogP contribution in [0, 0.1) is 0 Å². The molecule has 0 saturated heterocycles. The van der Waals surface area contributed by atoms with E-state index in [0.717, 1.165) is 11.1 Å². The molecule has 0 fully saturated rings. The number of carbonyl (C=O) groups excluding carboxylic acids is 1. The van der Waals surface area contributed by atoms with Crippen molar-refractivity contribution < 1.29 is 21.6 Å². The number of urea groups is 1. The van der Waals surface area contributed by atoms with E-state index in [2.05, 4.69) is 25.1 Å². The number of benzene rings is 3. The number of hydrogen-bond acceptors (Lipinski definition) is 6. The summed E-state index contributed by atoms with van der Waals surface area (Å²) in [5, 5.41) is 5.36. The van der Waals surface area contributed by atoms with Gasteiger partial charge in [0.05, 0.1) is 10.6 Å². The van der Waals surface area contributed by atoms with Crippen LogP contribution in [0.1, 0.15) is 5.56 Å². The number of sulfonamides is 2. The van der Waals surface area contributed by atoms with Crippen LogP contribution >= 0.6 is 0 Å². The van der Waals surface area contributed by atoms with Crippen molar-refractivity contribution in [3.8, 4) is 11.1 Å². The second-order valence-electron chi connectivity index (χ2n) is 8.43. The van der Waals surface area contributed by atoms with E-state index in [4.69, 9.17) is 0 Å². The average molecular weight is 566 g/mol. The highest BCUT2D eigenvalue weighted by atomic mass is 32.2. The molecule has 0 unspecified atom stereocenters. The molecular weight excluding hydrogens is 538 g/mol. The van der Waals surface area contributed by atoms with E-state index in [1.54, 1.807) is 60.9 Å². The first-order valence-corrected chi connectivity index (χ1v) is 15.0. The molecule has 0 aliphatic rings. The van der Waals surface area contributed by atoms with Crippen LogP contribution in [0.3, 0.4) is 0 Å². The summed E-state index contributed by atoms with van der Waals surface area (Å²) in [5.74, 6) is -0.476. The molecule has 0 aliphatic heterocycles. The van der Waals surface area contributed by atoms with Crippen LogP contribution in [0.25, 0.3) is 11.1 Å². The molecule has 10 nitrogen and oxygen atoms in total. The van der Waals surface area contributed by atoms with Gasteiger partial charge in [-0.25, -0.2) is 26.4 Å². The summed E-state index contributed by atoms with van der Waals surface area (Å²) < 4.78 is 55.8. The smallest absolute Gasteiger partial charge is 0.319 e. The maximum atomic E-state index is 13.0. The Morgan fingerprint density at radius 2 is 1.46 bits per heavy atom. The Hall–Kier alpha value is -4.26. The van der Waals surface area contributed by atoms with Gasteiger partial charge in [0.25, 0.3) is 0 Å². The molecule has 1 aromatic heterocycles. The third kappa shape index (κ3) is 8.11. The van der Waals surface area contributed by atoms with Gasteiger partial charge in [-0.2, -0.15) is 0 Å². The van der Waals surface area contributed by atoms with Crippen molar-refractivity contribution in [3.63, 3.8) is 0 Å². The van der Waals surface area contributed by atoms with Crippen LogP contribution in [0.5, 0.6) is 0 Å². The first kappa shape index (κ1) is 27.8. The molecule has 0 atom stereocenters. The number of nitrogens with zero attached hydrogens (tertiary/aromatic N) is 1. The Bertz CT molecular complexity index is 1610. The Labute approximate surface area is 227 Å². The van der Waals surface area contributed by atoms with Gasteiger partial charge in [0, 0.05) is 42.4 Å². The number of carbonyl (C=O) groups is 1. The average Bonchev–Trinajstić information content (AvgIpc) is 2.94. The first-order chi connectivity index (χ1) is 18.7. The Kier molecular flexibility index (Phi) is 8.92. The summed E-state index contributed by atoms with van der Waals surface area (Å²) in [7, 11) is -7.83. The van der Waals surface area contributed by atoms with Gasteiger partial charge >= 0.3 is 6.03 Å². The van der Waals surface area contributed by atoms with E-state index in [1.165, 1.54) is 18.2 Å². The minimum atomic E-state index is -3.97. The van der Waals surface area contributed by atoms with Crippen LogP contribution in [0.15, 0.2) is 108 Å². The number of amides is 2. The minimum Gasteiger partial charge on any atom is -0.334 e. The monoisotopic (exact) mass is 565 g/mol. The van der Waals surface area contributed by atoms with E-state index in [-0.39, 0.29) is 17.1 Å². The van der Waals surface area contributed by atoms with Crippen LogP contribution < -0.4 is 20.1 Å². The third-order valence-electron chi connectivity index (χ3n) is 5.52. The second-order valence-corrected chi connectivity index (χ2v) is 12.0. The summed E-state index contributed by atoms with van der Waals surface area (Å²) in [4.78, 5) is 16.1. The normalized spacial score (nSPS) is 11.5. The number of aromatic nitrogens is 1. The van der Waals surface area contributed by atoms with Gasteiger partial charge < -0.3 is 10.6 Å². The molecule has 1 heterocycles. The zero-order chi connectivity index (χ0) is 27.7. The standard InChI is InChI=1S/C27H27N5O5S2/c33-27(29-20-21-7-6-16-28-19-21)31-23-12-14-24(15-13-23)32-38(34,35)18-17-30-39(36,37)26-11-5-4-10-25(26)22-8-2-1-3-9-22/h1-16,19,30,32H,17-18,20H2,(H2,29,31,33). The molecule has 0 radical (unpaired) electrons. The number of hydrogen-bond donors (Lipinski definition) is 4. The molecule has 4 rings (SSSR count). The minimum absolute atomic E-state index is 0.0640. The lowest BCUT2D eigenvalue weighted by Crippen LogP contribution is -2.31. The molecule has 202 valence electrons. The van der Waals surface area contributed by atoms with E-state index in [9.17, 15) is 21.6 Å².